The molecule has 1 saturated carbocycles. The molecule has 10 heteroatoms. The molecule has 0 spiro atoms. The summed E-state index contributed by atoms with van der Waals surface area (Å²) in [6.07, 6.45) is 4.43. The fourth-order valence-electron chi connectivity index (χ4n) is 4.47. The molecule has 1 N–H and O–H groups in total. The van der Waals surface area contributed by atoms with Gasteiger partial charge in [0, 0.05) is 41.8 Å². The number of carbonyl (C=O) groups excluding carboxylic acids is 2. The summed E-state index contributed by atoms with van der Waals surface area (Å²) in [5.41, 5.74) is 0.539. The lowest BCUT2D eigenvalue weighted by Gasteiger charge is -2.34. The van der Waals surface area contributed by atoms with Gasteiger partial charge in [-0.25, -0.2) is 12.8 Å². The molecule has 1 unspecified atom stereocenters. The predicted octanol–water partition coefficient (Wildman–Crippen LogP) is 4.04. The van der Waals surface area contributed by atoms with Crippen LogP contribution in [0.1, 0.15) is 50.1 Å². The standard InChI is InChI=1S/C25H29ClFN3O4S/c26-22-12-5-4-11-21(22)24(25(32)28-19-8-2-1-3-9-19)30(20-10-6-7-18(27)17-20)23(31)13-16-35(33,34)29-14-15-29/h4-7,10-12,17,19,24H,1-3,8-9,13-16H2,(H,28,32). The first-order valence-corrected chi connectivity index (χ1v) is 13.9. The van der Waals surface area contributed by atoms with Crippen LogP contribution in [0.4, 0.5) is 10.1 Å². The number of hydrogen-bond donors (Lipinski definition) is 1. The number of nitrogens with zero attached hydrogens (tertiary/aromatic N) is 2. The van der Waals surface area contributed by atoms with E-state index in [1.807, 2.05) is 0 Å². The Morgan fingerprint density at radius 1 is 1.09 bits per heavy atom. The lowest BCUT2D eigenvalue weighted by Crippen LogP contribution is -2.47. The lowest BCUT2D eigenvalue weighted by molar-refractivity contribution is -0.127. The van der Waals surface area contributed by atoms with E-state index in [-0.39, 0.29) is 23.2 Å². The van der Waals surface area contributed by atoms with Crippen LogP contribution in [0.2, 0.25) is 5.02 Å². The van der Waals surface area contributed by atoms with Gasteiger partial charge in [0.05, 0.1) is 5.75 Å². The summed E-state index contributed by atoms with van der Waals surface area (Å²) in [4.78, 5) is 28.4. The van der Waals surface area contributed by atoms with Gasteiger partial charge in [0.1, 0.15) is 11.9 Å². The van der Waals surface area contributed by atoms with E-state index in [1.54, 1.807) is 24.3 Å². The van der Waals surface area contributed by atoms with Crippen LogP contribution in [-0.4, -0.2) is 49.4 Å². The molecule has 35 heavy (non-hydrogen) atoms. The molecule has 0 radical (unpaired) electrons. The highest BCUT2D eigenvalue weighted by atomic mass is 35.5. The Hall–Kier alpha value is -2.49. The van der Waals surface area contributed by atoms with Crippen molar-refractivity contribution in [3.8, 4) is 0 Å². The van der Waals surface area contributed by atoms with Crippen molar-refractivity contribution in [2.24, 2.45) is 0 Å². The van der Waals surface area contributed by atoms with Gasteiger partial charge in [-0.05, 0) is 37.1 Å². The minimum atomic E-state index is -3.56. The number of rotatable bonds is 9. The Labute approximate surface area is 210 Å². The zero-order chi connectivity index (χ0) is 25.0. The van der Waals surface area contributed by atoms with Gasteiger partial charge in [-0.3, -0.25) is 14.5 Å². The zero-order valence-electron chi connectivity index (χ0n) is 19.3. The van der Waals surface area contributed by atoms with Gasteiger partial charge in [-0.1, -0.05) is 55.1 Å². The third-order valence-electron chi connectivity index (χ3n) is 6.39. The Kier molecular flexibility index (Phi) is 8.09. The van der Waals surface area contributed by atoms with Crippen LogP contribution in [0, 0.1) is 5.82 Å². The molecule has 2 fully saturated rings. The lowest BCUT2D eigenvalue weighted by atomic mass is 9.94. The Bertz CT molecular complexity index is 1180. The minimum Gasteiger partial charge on any atom is -0.351 e. The maximum Gasteiger partial charge on any atom is 0.248 e. The van der Waals surface area contributed by atoms with E-state index in [2.05, 4.69) is 5.32 Å². The largest absolute Gasteiger partial charge is 0.351 e. The van der Waals surface area contributed by atoms with Crippen LogP contribution in [0.3, 0.4) is 0 Å². The fraction of sp³-hybridized carbons (Fsp3) is 0.440. The second-order valence-electron chi connectivity index (χ2n) is 8.98. The SMILES string of the molecule is O=C(NC1CCCCC1)C(c1ccccc1Cl)N(C(=O)CCS(=O)(=O)N1CC1)c1cccc(F)c1. The van der Waals surface area contributed by atoms with E-state index >= 15 is 0 Å². The topological polar surface area (TPSA) is 86.6 Å². The van der Waals surface area contributed by atoms with Gasteiger partial charge < -0.3 is 5.32 Å². The van der Waals surface area contributed by atoms with Crippen LogP contribution in [0.25, 0.3) is 0 Å². The average molecular weight is 522 g/mol. The van der Waals surface area contributed by atoms with Crippen LogP contribution in [0.5, 0.6) is 0 Å². The highest BCUT2D eigenvalue weighted by molar-refractivity contribution is 7.89. The van der Waals surface area contributed by atoms with Gasteiger partial charge in [-0.15, -0.1) is 0 Å². The molecule has 188 valence electrons. The molecule has 7 nitrogen and oxygen atoms in total. The smallest absolute Gasteiger partial charge is 0.248 e. The summed E-state index contributed by atoms with van der Waals surface area (Å²) in [6, 6.07) is 10.8. The van der Waals surface area contributed by atoms with Crippen molar-refractivity contribution in [3.63, 3.8) is 0 Å². The molecule has 1 atom stereocenters. The zero-order valence-corrected chi connectivity index (χ0v) is 20.9. The van der Waals surface area contributed by atoms with E-state index in [9.17, 15) is 22.4 Å². The number of sulfonamides is 1. The minimum absolute atomic E-state index is 0.0336. The van der Waals surface area contributed by atoms with Crippen LogP contribution < -0.4 is 10.2 Å². The number of anilines is 1. The van der Waals surface area contributed by atoms with Crippen molar-refractivity contribution < 1.29 is 22.4 Å². The molecular weight excluding hydrogens is 493 g/mol. The first kappa shape index (κ1) is 25.6. The average Bonchev–Trinajstić information content (AvgIpc) is 3.69. The molecule has 4 rings (SSSR count). The molecule has 2 aromatic rings. The van der Waals surface area contributed by atoms with E-state index in [0.29, 0.717) is 18.7 Å². The highest BCUT2D eigenvalue weighted by Crippen LogP contribution is 2.34. The number of halogens is 2. The van der Waals surface area contributed by atoms with Crippen molar-refractivity contribution >= 4 is 39.1 Å². The highest BCUT2D eigenvalue weighted by Gasteiger charge is 2.37. The second-order valence-corrected chi connectivity index (χ2v) is 11.5. The van der Waals surface area contributed by atoms with Crippen molar-refractivity contribution in [1.82, 2.24) is 9.62 Å². The van der Waals surface area contributed by atoms with Crippen LogP contribution in [-0.2, 0) is 19.6 Å². The molecular formula is C25H29ClFN3O4S. The summed E-state index contributed by atoms with van der Waals surface area (Å²) >= 11 is 6.48. The molecule has 1 aliphatic heterocycles. The number of nitrogens with one attached hydrogen (secondary N) is 1. The summed E-state index contributed by atoms with van der Waals surface area (Å²) in [5.74, 6) is -2.01. The van der Waals surface area contributed by atoms with E-state index in [1.165, 1.54) is 27.4 Å². The van der Waals surface area contributed by atoms with Gasteiger partial charge >= 0.3 is 0 Å². The van der Waals surface area contributed by atoms with Crippen LogP contribution in [0.15, 0.2) is 48.5 Å². The van der Waals surface area contributed by atoms with Crippen molar-refractivity contribution in [2.45, 2.75) is 50.6 Å². The molecule has 2 aliphatic rings. The van der Waals surface area contributed by atoms with E-state index < -0.39 is 39.4 Å². The summed E-state index contributed by atoms with van der Waals surface area (Å²) < 4.78 is 40.3. The van der Waals surface area contributed by atoms with E-state index in [4.69, 9.17) is 11.6 Å². The summed E-state index contributed by atoms with van der Waals surface area (Å²) in [5, 5.41) is 3.33. The van der Waals surface area contributed by atoms with Gasteiger partial charge in [0.15, 0.2) is 0 Å². The summed E-state index contributed by atoms with van der Waals surface area (Å²) in [7, 11) is -3.56. The fourth-order valence-corrected chi connectivity index (χ4v) is 6.04. The molecule has 0 aromatic heterocycles. The first-order valence-electron chi connectivity index (χ1n) is 11.9. The number of carbonyl (C=O) groups is 2. The maximum atomic E-state index is 14.2. The predicted molar refractivity (Wildman–Crippen MR) is 133 cm³/mol. The second kappa shape index (κ2) is 11.1. The number of benzene rings is 2. The Balaban J connectivity index is 1.71. The molecule has 1 aliphatic carbocycles. The van der Waals surface area contributed by atoms with E-state index in [0.717, 1.165) is 38.2 Å². The number of amides is 2. The molecule has 2 amide bonds. The normalized spacial score (nSPS) is 17.5. The van der Waals surface area contributed by atoms with Crippen molar-refractivity contribution in [2.75, 3.05) is 23.7 Å². The van der Waals surface area contributed by atoms with Crippen molar-refractivity contribution in [1.29, 1.82) is 0 Å². The third-order valence-corrected chi connectivity index (χ3v) is 8.60. The molecule has 0 bridgehead atoms. The summed E-state index contributed by atoms with van der Waals surface area (Å²) in [6.45, 7) is 0.881. The first-order chi connectivity index (χ1) is 16.8. The molecule has 1 heterocycles. The molecule has 1 saturated heterocycles. The third kappa shape index (κ3) is 6.39. The maximum absolute atomic E-state index is 14.2. The van der Waals surface area contributed by atoms with Crippen molar-refractivity contribution in [3.05, 3.63) is 64.9 Å². The molecule has 2 aromatic carbocycles. The van der Waals surface area contributed by atoms with Gasteiger partial charge in [0.25, 0.3) is 0 Å². The van der Waals surface area contributed by atoms with Crippen LogP contribution >= 0.6 is 11.6 Å². The monoisotopic (exact) mass is 521 g/mol. The Morgan fingerprint density at radius 2 is 1.80 bits per heavy atom. The quantitative estimate of drug-likeness (QED) is 0.505. The van der Waals surface area contributed by atoms with Gasteiger partial charge in [-0.2, -0.15) is 4.31 Å². The number of hydrogen-bond acceptors (Lipinski definition) is 4. The Morgan fingerprint density at radius 3 is 2.46 bits per heavy atom. The van der Waals surface area contributed by atoms with Gasteiger partial charge in [0.2, 0.25) is 21.8 Å².